The van der Waals surface area contributed by atoms with E-state index >= 15 is 0 Å². The molecule has 134 valence electrons. The van der Waals surface area contributed by atoms with Crippen LogP contribution >= 0.6 is 0 Å². The zero-order valence-electron chi connectivity index (χ0n) is 14.1. The van der Waals surface area contributed by atoms with E-state index in [-0.39, 0.29) is 6.61 Å². The minimum Gasteiger partial charge on any atom is -0.496 e. The molecule has 7 heteroatoms. The van der Waals surface area contributed by atoms with E-state index in [1.807, 2.05) is 42.5 Å². The molecule has 0 amide bonds. The maximum Gasteiger partial charge on any atom is 0.264 e. The molecule has 0 aromatic heterocycles. The van der Waals surface area contributed by atoms with Crippen LogP contribution in [0.2, 0.25) is 0 Å². The second-order valence-corrected chi connectivity index (χ2v) is 7.27. The van der Waals surface area contributed by atoms with E-state index < -0.39 is 16.4 Å². The molecule has 1 heterocycles. The summed E-state index contributed by atoms with van der Waals surface area (Å²) in [6, 6.07) is 13.1. The SMILES string of the molecule is COc1cccc(C2OCCO2)c1-c1ccccc1COS(C)(=O)=O. The van der Waals surface area contributed by atoms with Gasteiger partial charge in [0, 0.05) is 11.1 Å². The molecule has 0 bridgehead atoms. The van der Waals surface area contributed by atoms with Crippen molar-refractivity contribution in [2.45, 2.75) is 12.9 Å². The summed E-state index contributed by atoms with van der Waals surface area (Å²) in [5.41, 5.74) is 3.20. The first-order valence-electron chi connectivity index (χ1n) is 7.82. The van der Waals surface area contributed by atoms with Crippen molar-refractivity contribution >= 4 is 10.1 Å². The molecule has 0 spiro atoms. The van der Waals surface area contributed by atoms with Gasteiger partial charge < -0.3 is 14.2 Å². The van der Waals surface area contributed by atoms with Crippen LogP contribution in [-0.4, -0.2) is 35.0 Å². The van der Waals surface area contributed by atoms with Gasteiger partial charge in [0.25, 0.3) is 10.1 Å². The maximum atomic E-state index is 11.4. The Labute approximate surface area is 147 Å². The molecular formula is C18H20O6S. The summed E-state index contributed by atoms with van der Waals surface area (Å²) in [7, 11) is -1.95. The van der Waals surface area contributed by atoms with Gasteiger partial charge in [-0.2, -0.15) is 8.42 Å². The molecule has 0 N–H and O–H groups in total. The molecule has 2 aromatic carbocycles. The molecule has 0 unspecified atom stereocenters. The van der Waals surface area contributed by atoms with Crippen molar-refractivity contribution in [1.82, 2.24) is 0 Å². The van der Waals surface area contributed by atoms with E-state index in [2.05, 4.69) is 0 Å². The third-order valence-corrected chi connectivity index (χ3v) is 4.42. The standard InChI is InChI=1S/C18H20O6S/c1-21-16-9-5-8-15(18-22-10-11-23-18)17(16)14-7-4-3-6-13(14)12-24-25(2,19)20/h3-9,18H,10-12H2,1-2H3. The zero-order valence-corrected chi connectivity index (χ0v) is 14.9. The Hall–Kier alpha value is -1.93. The van der Waals surface area contributed by atoms with Crippen molar-refractivity contribution in [3.05, 3.63) is 53.6 Å². The van der Waals surface area contributed by atoms with Crippen LogP contribution in [0.5, 0.6) is 5.75 Å². The quantitative estimate of drug-likeness (QED) is 0.734. The lowest BCUT2D eigenvalue weighted by Crippen LogP contribution is -2.06. The topological polar surface area (TPSA) is 71.1 Å². The van der Waals surface area contributed by atoms with Crippen LogP contribution in [0.4, 0.5) is 0 Å². The highest BCUT2D eigenvalue weighted by Gasteiger charge is 2.25. The minimum atomic E-state index is -3.54. The molecule has 1 aliphatic heterocycles. The van der Waals surface area contributed by atoms with Crippen molar-refractivity contribution in [3.63, 3.8) is 0 Å². The Kier molecular flexibility index (Phi) is 5.39. The van der Waals surface area contributed by atoms with E-state index in [0.717, 1.165) is 28.5 Å². The number of hydrogen-bond donors (Lipinski definition) is 0. The molecule has 1 saturated heterocycles. The van der Waals surface area contributed by atoms with Crippen LogP contribution in [0, 0.1) is 0 Å². The molecule has 0 radical (unpaired) electrons. The summed E-state index contributed by atoms with van der Waals surface area (Å²) in [4.78, 5) is 0. The number of ether oxygens (including phenoxy) is 3. The second-order valence-electron chi connectivity index (χ2n) is 5.62. The molecule has 0 atom stereocenters. The first-order valence-corrected chi connectivity index (χ1v) is 9.64. The summed E-state index contributed by atoms with van der Waals surface area (Å²) in [5, 5.41) is 0. The first-order chi connectivity index (χ1) is 12.0. The third-order valence-electron chi connectivity index (χ3n) is 3.87. The summed E-state index contributed by atoms with van der Waals surface area (Å²) < 4.78 is 44.5. The van der Waals surface area contributed by atoms with Gasteiger partial charge in [-0.1, -0.05) is 36.4 Å². The summed E-state index contributed by atoms with van der Waals surface area (Å²) in [6.07, 6.45) is 0.554. The van der Waals surface area contributed by atoms with Crippen LogP contribution in [0.25, 0.3) is 11.1 Å². The Balaban J connectivity index is 2.09. The monoisotopic (exact) mass is 364 g/mol. The predicted octanol–water partition coefficient (Wildman–Crippen LogP) is 2.88. The van der Waals surface area contributed by atoms with E-state index in [0.29, 0.717) is 19.0 Å². The fraction of sp³-hybridized carbons (Fsp3) is 0.333. The van der Waals surface area contributed by atoms with Gasteiger partial charge in [0.15, 0.2) is 6.29 Å². The third kappa shape index (κ3) is 4.19. The smallest absolute Gasteiger partial charge is 0.264 e. The van der Waals surface area contributed by atoms with Gasteiger partial charge in [0.05, 0.1) is 33.2 Å². The molecule has 25 heavy (non-hydrogen) atoms. The lowest BCUT2D eigenvalue weighted by Gasteiger charge is -2.19. The highest BCUT2D eigenvalue weighted by atomic mass is 32.2. The Morgan fingerprint density at radius 1 is 1.08 bits per heavy atom. The van der Waals surface area contributed by atoms with E-state index in [9.17, 15) is 8.42 Å². The van der Waals surface area contributed by atoms with Crippen molar-refractivity contribution in [3.8, 4) is 16.9 Å². The van der Waals surface area contributed by atoms with Crippen molar-refractivity contribution in [1.29, 1.82) is 0 Å². The molecular weight excluding hydrogens is 344 g/mol. The van der Waals surface area contributed by atoms with Crippen LogP contribution in [0.3, 0.4) is 0 Å². The lowest BCUT2D eigenvalue weighted by atomic mass is 9.94. The van der Waals surface area contributed by atoms with Gasteiger partial charge in [0.2, 0.25) is 0 Å². The fourth-order valence-corrected chi connectivity index (χ4v) is 3.14. The summed E-state index contributed by atoms with van der Waals surface area (Å²) >= 11 is 0. The van der Waals surface area contributed by atoms with Gasteiger partial charge in [-0.15, -0.1) is 0 Å². The van der Waals surface area contributed by atoms with Crippen LogP contribution in [0.1, 0.15) is 17.4 Å². The fourth-order valence-electron chi connectivity index (χ4n) is 2.80. The van der Waals surface area contributed by atoms with E-state index in [1.54, 1.807) is 7.11 Å². The average molecular weight is 364 g/mol. The Morgan fingerprint density at radius 2 is 1.80 bits per heavy atom. The first kappa shape index (κ1) is 17.9. The zero-order chi connectivity index (χ0) is 17.9. The number of benzene rings is 2. The molecule has 6 nitrogen and oxygen atoms in total. The molecule has 0 saturated carbocycles. The number of hydrogen-bond acceptors (Lipinski definition) is 6. The Bertz CT molecular complexity index is 840. The molecule has 1 aliphatic rings. The van der Waals surface area contributed by atoms with Gasteiger partial charge >= 0.3 is 0 Å². The molecule has 1 fully saturated rings. The highest BCUT2D eigenvalue weighted by molar-refractivity contribution is 7.85. The Morgan fingerprint density at radius 3 is 2.48 bits per heavy atom. The maximum absolute atomic E-state index is 11.4. The molecule has 2 aromatic rings. The van der Waals surface area contributed by atoms with Crippen LogP contribution in [0.15, 0.2) is 42.5 Å². The normalized spacial score (nSPS) is 15.4. The van der Waals surface area contributed by atoms with E-state index in [4.69, 9.17) is 18.4 Å². The largest absolute Gasteiger partial charge is 0.496 e. The summed E-state index contributed by atoms with van der Waals surface area (Å²) in [5.74, 6) is 0.656. The highest BCUT2D eigenvalue weighted by Crippen LogP contribution is 2.40. The number of methoxy groups -OCH3 is 1. The van der Waals surface area contributed by atoms with Crippen molar-refractivity contribution < 1.29 is 26.8 Å². The van der Waals surface area contributed by atoms with Gasteiger partial charge in [-0.3, -0.25) is 4.18 Å². The van der Waals surface area contributed by atoms with Gasteiger partial charge in [0.1, 0.15) is 5.75 Å². The lowest BCUT2D eigenvalue weighted by molar-refractivity contribution is -0.0437. The van der Waals surface area contributed by atoms with Crippen LogP contribution < -0.4 is 4.74 Å². The second kappa shape index (κ2) is 7.53. The van der Waals surface area contributed by atoms with Gasteiger partial charge in [-0.25, -0.2) is 0 Å². The molecule has 3 rings (SSSR count). The van der Waals surface area contributed by atoms with E-state index in [1.165, 1.54) is 0 Å². The average Bonchev–Trinajstić information content (AvgIpc) is 3.13. The van der Waals surface area contributed by atoms with Gasteiger partial charge in [-0.05, 0) is 17.2 Å². The predicted molar refractivity (Wildman–Crippen MR) is 92.7 cm³/mol. The minimum absolute atomic E-state index is 0.0567. The summed E-state index contributed by atoms with van der Waals surface area (Å²) in [6.45, 7) is 0.999. The van der Waals surface area contributed by atoms with Crippen molar-refractivity contribution in [2.75, 3.05) is 26.6 Å². The number of rotatable bonds is 6. The van der Waals surface area contributed by atoms with Crippen molar-refractivity contribution in [2.24, 2.45) is 0 Å². The van der Waals surface area contributed by atoms with Crippen LogP contribution in [-0.2, 0) is 30.4 Å². The molecule has 0 aliphatic carbocycles.